The van der Waals surface area contributed by atoms with Crippen LogP contribution in [0.4, 0.5) is 11.8 Å². The van der Waals surface area contributed by atoms with Crippen LogP contribution < -0.4 is 10.2 Å². The summed E-state index contributed by atoms with van der Waals surface area (Å²) in [5.74, 6) is 1.67. The number of fused-ring (bicyclic) bond motifs is 1. The number of hydrogen-bond acceptors (Lipinski definition) is 5. The molecular formula is C15H24N6. The van der Waals surface area contributed by atoms with Crippen LogP contribution in [0.15, 0.2) is 6.20 Å². The summed E-state index contributed by atoms with van der Waals surface area (Å²) in [6, 6.07) is 0.575. The molecule has 0 saturated heterocycles. The standard InChI is InChI=1S/C15H24N6/c1-3-9-16-15-18-13-12(10-17-20-13)14(19-15)21(2)11-7-5-4-6-8-11/h10-11H,3-9H2,1-2H3,(H2,16,17,18,19,20). The van der Waals surface area contributed by atoms with Crippen molar-refractivity contribution in [3.05, 3.63) is 6.20 Å². The number of nitrogens with zero attached hydrogens (tertiary/aromatic N) is 4. The molecule has 6 nitrogen and oxygen atoms in total. The van der Waals surface area contributed by atoms with E-state index in [9.17, 15) is 0 Å². The molecule has 0 unspecified atom stereocenters. The van der Waals surface area contributed by atoms with Crippen LogP contribution in [0.2, 0.25) is 0 Å². The van der Waals surface area contributed by atoms with E-state index in [0.717, 1.165) is 29.8 Å². The first-order valence-electron chi connectivity index (χ1n) is 7.97. The largest absolute Gasteiger partial charge is 0.356 e. The highest BCUT2D eigenvalue weighted by molar-refractivity contribution is 5.87. The van der Waals surface area contributed by atoms with E-state index in [-0.39, 0.29) is 0 Å². The van der Waals surface area contributed by atoms with E-state index in [1.807, 2.05) is 6.20 Å². The molecule has 3 rings (SSSR count). The molecule has 1 aliphatic rings. The Morgan fingerprint density at radius 2 is 2.10 bits per heavy atom. The molecule has 2 N–H and O–H groups in total. The predicted octanol–water partition coefficient (Wildman–Crippen LogP) is 2.94. The van der Waals surface area contributed by atoms with Gasteiger partial charge in [0.05, 0.1) is 11.6 Å². The molecule has 114 valence electrons. The molecule has 2 aromatic heterocycles. The lowest BCUT2D eigenvalue weighted by Crippen LogP contribution is -2.34. The topological polar surface area (TPSA) is 69.7 Å². The Hall–Kier alpha value is -1.85. The van der Waals surface area contributed by atoms with Gasteiger partial charge in [0, 0.05) is 19.6 Å². The minimum Gasteiger partial charge on any atom is -0.356 e. The summed E-state index contributed by atoms with van der Waals surface area (Å²) in [6.07, 6.45) is 9.37. The van der Waals surface area contributed by atoms with Gasteiger partial charge in [-0.2, -0.15) is 15.1 Å². The van der Waals surface area contributed by atoms with Crippen molar-refractivity contribution in [1.82, 2.24) is 20.2 Å². The zero-order valence-corrected chi connectivity index (χ0v) is 12.9. The van der Waals surface area contributed by atoms with Crippen LogP contribution in [0.1, 0.15) is 45.4 Å². The van der Waals surface area contributed by atoms with Crippen LogP contribution >= 0.6 is 0 Å². The lowest BCUT2D eigenvalue weighted by molar-refractivity contribution is 0.426. The summed E-state index contributed by atoms with van der Waals surface area (Å²) >= 11 is 0. The Bertz CT molecular complexity index is 587. The maximum absolute atomic E-state index is 4.73. The molecule has 6 heteroatoms. The number of hydrogen-bond donors (Lipinski definition) is 2. The highest BCUT2D eigenvalue weighted by atomic mass is 15.3. The lowest BCUT2D eigenvalue weighted by Gasteiger charge is -2.32. The van der Waals surface area contributed by atoms with Crippen molar-refractivity contribution >= 4 is 22.8 Å². The van der Waals surface area contributed by atoms with Crippen molar-refractivity contribution in [2.75, 3.05) is 23.8 Å². The predicted molar refractivity (Wildman–Crippen MR) is 85.7 cm³/mol. The van der Waals surface area contributed by atoms with Gasteiger partial charge in [-0.15, -0.1) is 0 Å². The molecule has 0 spiro atoms. The molecule has 0 radical (unpaired) electrons. The maximum Gasteiger partial charge on any atom is 0.226 e. The minimum absolute atomic E-state index is 0.575. The second-order valence-electron chi connectivity index (χ2n) is 5.83. The quantitative estimate of drug-likeness (QED) is 0.885. The number of aromatic nitrogens is 4. The minimum atomic E-state index is 0.575. The van der Waals surface area contributed by atoms with Gasteiger partial charge >= 0.3 is 0 Å². The summed E-state index contributed by atoms with van der Waals surface area (Å²) in [5, 5.41) is 11.4. The molecule has 0 bridgehead atoms. The van der Waals surface area contributed by atoms with Crippen molar-refractivity contribution in [3.63, 3.8) is 0 Å². The average molecular weight is 288 g/mol. The summed E-state index contributed by atoms with van der Waals surface area (Å²) in [5.41, 5.74) is 0.807. The zero-order valence-electron chi connectivity index (χ0n) is 12.9. The Morgan fingerprint density at radius 3 is 2.86 bits per heavy atom. The van der Waals surface area contributed by atoms with Crippen molar-refractivity contribution in [2.45, 2.75) is 51.5 Å². The van der Waals surface area contributed by atoms with Gasteiger partial charge in [-0.05, 0) is 19.3 Å². The van der Waals surface area contributed by atoms with E-state index >= 15 is 0 Å². The molecule has 0 aromatic carbocycles. The number of nitrogens with one attached hydrogen (secondary N) is 2. The van der Waals surface area contributed by atoms with E-state index in [1.165, 1.54) is 32.1 Å². The van der Waals surface area contributed by atoms with Crippen LogP contribution in [-0.2, 0) is 0 Å². The van der Waals surface area contributed by atoms with Gasteiger partial charge in [0.25, 0.3) is 0 Å². The van der Waals surface area contributed by atoms with Crippen LogP contribution in [0.5, 0.6) is 0 Å². The number of aromatic amines is 1. The third kappa shape index (κ3) is 2.94. The normalized spacial score (nSPS) is 16.3. The molecule has 0 amide bonds. The van der Waals surface area contributed by atoms with Gasteiger partial charge in [-0.1, -0.05) is 26.2 Å². The first-order valence-corrected chi connectivity index (χ1v) is 7.97. The smallest absolute Gasteiger partial charge is 0.226 e. The molecular weight excluding hydrogens is 264 g/mol. The van der Waals surface area contributed by atoms with E-state index in [4.69, 9.17) is 4.98 Å². The molecule has 1 aliphatic carbocycles. The monoisotopic (exact) mass is 288 g/mol. The summed E-state index contributed by atoms with van der Waals surface area (Å²) in [4.78, 5) is 11.5. The summed E-state index contributed by atoms with van der Waals surface area (Å²) < 4.78 is 0. The molecule has 1 fully saturated rings. The van der Waals surface area contributed by atoms with Crippen molar-refractivity contribution in [3.8, 4) is 0 Å². The SMILES string of the molecule is CCCNc1nc(N(C)C2CCCCC2)c2cn[nH]c2n1. The van der Waals surface area contributed by atoms with Crippen molar-refractivity contribution in [1.29, 1.82) is 0 Å². The van der Waals surface area contributed by atoms with Gasteiger partial charge in [0.15, 0.2) is 5.65 Å². The molecule has 1 saturated carbocycles. The maximum atomic E-state index is 4.73. The molecule has 21 heavy (non-hydrogen) atoms. The summed E-state index contributed by atoms with van der Waals surface area (Å²) in [6.45, 7) is 3.02. The highest BCUT2D eigenvalue weighted by Gasteiger charge is 2.22. The van der Waals surface area contributed by atoms with Crippen LogP contribution in [0, 0.1) is 0 Å². The molecule has 2 aromatic rings. The van der Waals surface area contributed by atoms with E-state index in [0.29, 0.717) is 12.0 Å². The van der Waals surface area contributed by atoms with Gasteiger partial charge in [-0.3, -0.25) is 5.10 Å². The van der Waals surface area contributed by atoms with E-state index in [2.05, 4.69) is 39.4 Å². The van der Waals surface area contributed by atoms with Crippen molar-refractivity contribution < 1.29 is 0 Å². The Balaban J connectivity index is 1.92. The molecule has 0 atom stereocenters. The van der Waals surface area contributed by atoms with E-state index in [1.54, 1.807) is 0 Å². The number of H-pyrrole nitrogens is 1. The van der Waals surface area contributed by atoms with Crippen LogP contribution in [0.25, 0.3) is 11.0 Å². The third-order valence-electron chi connectivity index (χ3n) is 4.28. The Labute approximate surface area is 125 Å². The first kappa shape index (κ1) is 14.1. The zero-order chi connectivity index (χ0) is 14.7. The van der Waals surface area contributed by atoms with E-state index < -0.39 is 0 Å². The second kappa shape index (κ2) is 6.28. The van der Waals surface area contributed by atoms with Crippen LogP contribution in [0.3, 0.4) is 0 Å². The van der Waals surface area contributed by atoms with Gasteiger partial charge in [0.2, 0.25) is 5.95 Å². The molecule has 2 heterocycles. The summed E-state index contributed by atoms with van der Waals surface area (Å²) in [7, 11) is 2.15. The second-order valence-corrected chi connectivity index (χ2v) is 5.83. The van der Waals surface area contributed by atoms with Crippen LogP contribution in [-0.4, -0.2) is 39.8 Å². The number of rotatable bonds is 5. The van der Waals surface area contributed by atoms with Gasteiger partial charge < -0.3 is 10.2 Å². The highest BCUT2D eigenvalue weighted by Crippen LogP contribution is 2.29. The Morgan fingerprint density at radius 1 is 1.29 bits per heavy atom. The fraction of sp³-hybridized carbons (Fsp3) is 0.667. The fourth-order valence-corrected chi connectivity index (χ4v) is 3.05. The third-order valence-corrected chi connectivity index (χ3v) is 4.28. The van der Waals surface area contributed by atoms with Gasteiger partial charge in [-0.25, -0.2) is 0 Å². The Kier molecular flexibility index (Phi) is 4.22. The number of anilines is 2. The van der Waals surface area contributed by atoms with Crippen molar-refractivity contribution in [2.24, 2.45) is 0 Å². The molecule has 0 aliphatic heterocycles. The average Bonchev–Trinajstić information content (AvgIpc) is 3.00. The fourth-order valence-electron chi connectivity index (χ4n) is 3.05. The van der Waals surface area contributed by atoms with Gasteiger partial charge in [0.1, 0.15) is 5.82 Å². The lowest BCUT2D eigenvalue weighted by atomic mass is 9.94. The first-order chi connectivity index (χ1) is 10.3.